The predicted octanol–water partition coefficient (Wildman–Crippen LogP) is 3.94. The molecule has 1 saturated heterocycles. The van der Waals surface area contributed by atoms with Crippen LogP contribution in [0.15, 0.2) is 48.8 Å². The molecule has 152 valence electrons. The van der Waals surface area contributed by atoms with Gasteiger partial charge in [-0.2, -0.15) is 5.10 Å². The van der Waals surface area contributed by atoms with E-state index in [4.69, 9.17) is 4.74 Å². The van der Waals surface area contributed by atoms with Crippen LogP contribution in [-0.4, -0.2) is 46.9 Å². The first-order chi connectivity index (χ1) is 13.7. The molecule has 1 aliphatic rings. The van der Waals surface area contributed by atoms with Crippen LogP contribution in [0.2, 0.25) is 0 Å². The van der Waals surface area contributed by atoms with E-state index in [-0.39, 0.29) is 11.4 Å². The van der Waals surface area contributed by atoms with Crippen molar-refractivity contribution in [1.82, 2.24) is 14.7 Å². The number of carbonyl (C=O) groups excluding carboxylic acids is 1. The molecule has 0 saturated carbocycles. The maximum Gasteiger partial charge on any atom is 0.313 e. The van der Waals surface area contributed by atoms with Gasteiger partial charge in [0, 0.05) is 25.5 Å². The van der Waals surface area contributed by atoms with Gasteiger partial charge in [-0.15, -0.1) is 0 Å². The Morgan fingerprint density at radius 2 is 2.04 bits per heavy atom. The first kappa shape index (κ1) is 20.6. The van der Waals surface area contributed by atoms with Gasteiger partial charge in [0.2, 0.25) is 0 Å². The average Bonchev–Trinajstić information content (AvgIpc) is 3.23. The third kappa shape index (κ3) is 5.68. The minimum atomic E-state index is -0.352. The standard InChI is InChI=1S/C23H33N3O2/c1-2-28-22(27)23(13-6-12-21-10-4-3-5-11-21)14-7-16-25(20-23)17-9-19-26-18-8-15-24-26/h3-5,8,10-11,15,18H,2,6-7,9,12-14,16-17,19-20H2,1H3/t23-/m1/s1. The molecule has 0 bridgehead atoms. The highest BCUT2D eigenvalue weighted by atomic mass is 16.5. The van der Waals surface area contributed by atoms with Crippen molar-refractivity contribution in [2.75, 3.05) is 26.2 Å². The number of aromatic nitrogens is 2. The second-order valence-corrected chi connectivity index (χ2v) is 7.84. The lowest BCUT2D eigenvalue weighted by Gasteiger charge is -2.41. The molecular weight excluding hydrogens is 350 g/mol. The minimum Gasteiger partial charge on any atom is -0.466 e. The summed E-state index contributed by atoms with van der Waals surface area (Å²) in [5, 5.41) is 4.27. The van der Waals surface area contributed by atoms with Crippen LogP contribution in [0.1, 0.15) is 44.6 Å². The molecule has 2 aromatic rings. The quantitative estimate of drug-likeness (QED) is 0.583. The lowest BCUT2D eigenvalue weighted by Crippen LogP contribution is -2.49. The van der Waals surface area contributed by atoms with Gasteiger partial charge in [-0.1, -0.05) is 30.3 Å². The Hall–Kier alpha value is -2.14. The molecule has 0 N–H and O–H groups in total. The lowest BCUT2D eigenvalue weighted by molar-refractivity contribution is -0.160. The first-order valence-corrected chi connectivity index (χ1v) is 10.6. The van der Waals surface area contributed by atoms with Crippen LogP contribution in [0, 0.1) is 5.41 Å². The van der Waals surface area contributed by atoms with E-state index in [9.17, 15) is 4.79 Å². The smallest absolute Gasteiger partial charge is 0.313 e. The normalized spacial score (nSPS) is 20.2. The third-order valence-corrected chi connectivity index (χ3v) is 5.75. The Morgan fingerprint density at radius 1 is 1.18 bits per heavy atom. The Kier molecular flexibility index (Phi) is 7.66. The number of benzene rings is 1. The second kappa shape index (κ2) is 10.4. The van der Waals surface area contributed by atoms with Crippen molar-refractivity contribution in [2.24, 2.45) is 5.41 Å². The zero-order valence-corrected chi connectivity index (χ0v) is 17.1. The van der Waals surface area contributed by atoms with Crippen LogP contribution in [0.5, 0.6) is 0 Å². The van der Waals surface area contributed by atoms with Gasteiger partial charge in [-0.25, -0.2) is 0 Å². The number of hydrogen-bond donors (Lipinski definition) is 0. The van der Waals surface area contributed by atoms with E-state index in [0.29, 0.717) is 6.61 Å². The van der Waals surface area contributed by atoms with Gasteiger partial charge in [0.1, 0.15) is 0 Å². The Labute approximate surface area is 168 Å². The topological polar surface area (TPSA) is 47.4 Å². The van der Waals surface area contributed by atoms with Gasteiger partial charge in [0.25, 0.3) is 0 Å². The largest absolute Gasteiger partial charge is 0.466 e. The van der Waals surface area contributed by atoms with Crippen LogP contribution >= 0.6 is 0 Å². The Balaban J connectivity index is 1.56. The Bertz CT molecular complexity index is 702. The average molecular weight is 384 g/mol. The number of carbonyl (C=O) groups is 1. The molecule has 3 rings (SSSR count). The second-order valence-electron chi connectivity index (χ2n) is 7.84. The molecule has 1 fully saturated rings. The fourth-order valence-electron chi connectivity index (χ4n) is 4.34. The molecule has 0 unspecified atom stereocenters. The highest BCUT2D eigenvalue weighted by Crippen LogP contribution is 2.36. The number of hydrogen-bond acceptors (Lipinski definition) is 4. The number of nitrogens with zero attached hydrogens (tertiary/aromatic N) is 3. The summed E-state index contributed by atoms with van der Waals surface area (Å²) in [4.78, 5) is 15.4. The van der Waals surface area contributed by atoms with Crippen molar-refractivity contribution in [3.05, 3.63) is 54.4 Å². The number of piperidine rings is 1. The maximum absolute atomic E-state index is 12.9. The summed E-state index contributed by atoms with van der Waals surface area (Å²) in [7, 11) is 0. The molecule has 5 heteroatoms. The predicted molar refractivity (Wildman–Crippen MR) is 111 cm³/mol. The van der Waals surface area contributed by atoms with Crippen LogP contribution in [0.3, 0.4) is 0 Å². The number of likely N-dealkylation sites (tertiary alicyclic amines) is 1. The molecule has 1 aromatic heterocycles. The number of ether oxygens (including phenoxy) is 1. The van der Waals surface area contributed by atoms with Crippen LogP contribution in [0.25, 0.3) is 0 Å². The number of esters is 1. The van der Waals surface area contributed by atoms with Gasteiger partial charge in [0.05, 0.1) is 12.0 Å². The molecule has 1 aromatic carbocycles. The number of rotatable bonds is 10. The summed E-state index contributed by atoms with van der Waals surface area (Å²) >= 11 is 0. The molecule has 0 amide bonds. The van der Waals surface area contributed by atoms with Gasteiger partial charge in [-0.3, -0.25) is 9.48 Å². The van der Waals surface area contributed by atoms with Crippen LogP contribution < -0.4 is 0 Å². The summed E-state index contributed by atoms with van der Waals surface area (Å²) in [6, 6.07) is 12.5. The van der Waals surface area contributed by atoms with E-state index >= 15 is 0 Å². The monoisotopic (exact) mass is 383 g/mol. The highest BCUT2D eigenvalue weighted by molar-refractivity contribution is 5.77. The SMILES string of the molecule is CCOC(=O)[C@]1(CCCc2ccccc2)CCCN(CCCn2cccn2)C1. The van der Waals surface area contributed by atoms with E-state index < -0.39 is 0 Å². The highest BCUT2D eigenvalue weighted by Gasteiger charge is 2.42. The van der Waals surface area contributed by atoms with Crippen molar-refractivity contribution in [2.45, 2.75) is 52.0 Å². The Morgan fingerprint density at radius 3 is 2.79 bits per heavy atom. The third-order valence-electron chi connectivity index (χ3n) is 5.75. The van der Waals surface area contributed by atoms with Crippen LogP contribution in [0.4, 0.5) is 0 Å². The van der Waals surface area contributed by atoms with Gasteiger partial charge in [-0.05, 0) is 70.2 Å². The zero-order chi connectivity index (χ0) is 19.7. The van der Waals surface area contributed by atoms with Crippen LogP contribution in [-0.2, 0) is 22.5 Å². The van der Waals surface area contributed by atoms with E-state index in [1.54, 1.807) is 0 Å². The van der Waals surface area contributed by atoms with Gasteiger partial charge in [0.15, 0.2) is 0 Å². The van der Waals surface area contributed by atoms with E-state index in [1.807, 2.05) is 36.1 Å². The first-order valence-electron chi connectivity index (χ1n) is 10.6. The van der Waals surface area contributed by atoms with Crippen molar-refractivity contribution >= 4 is 5.97 Å². The molecule has 5 nitrogen and oxygen atoms in total. The van der Waals surface area contributed by atoms with Gasteiger partial charge >= 0.3 is 5.97 Å². The van der Waals surface area contributed by atoms with Crippen molar-refractivity contribution < 1.29 is 9.53 Å². The molecule has 0 radical (unpaired) electrons. The van der Waals surface area contributed by atoms with Gasteiger partial charge < -0.3 is 9.64 Å². The molecular formula is C23H33N3O2. The number of aryl methyl sites for hydroxylation is 2. The molecule has 0 aliphatic carbocycles. The summed E-state index contributed by atoms with van der Waals surface area (Å²) in [6.45, 7) is 6.17. The van der Waals surface area contributed by atoms with E-state index in [2.05, 4.69) is 34.3 Å². The maximum atomic E-state index is 12.9. The van der Waals surface area contributed by atoms with Crippen molar-refractivity contribution in [3.8, 4) is 0 Å². The van der Waals surface area contributed by atoms with E-state index in [0.717, 1.165) is 64.7 Å². The van der Waals surface area contributed by atoms with E-state index in [1.165, 1.54) is 5.56 Å². The van der Waals surface area contributed by atoms with Crippen molar-refractivity contribution in [3.63, 3.8) is 0 Å². The summed E-state index contributed by atoms with van der Waals surface area (Å²) < 4.78 is 7.49. The molecule has 1 atom stereocenters. The summed E-state index contributed by atoms with van der Waals surface area (Å²) in [5.41, 5.74) is 0.989. The summed E-state index contributed by atoms with van der Waals surface area (Å²) in [5.74, 6) is -0.000150. The fourth-order valence-corrected chi connectivity index (χ4v) is 4.34. The molecule has 28 heavy (non-hydrogen) atoms. The molecule has 0 spiro atoms. The molecule has 1 aliphatic heterocycles. The minimum absolute atomic E-state index is 0.000150. The summed E-state index contributed by atoms with van der Waals surface area (Å²) in [6.07, 6.45) is 9.80. The molecule has 2 heterocycles. The zero-order valence-electron chi connectivity index (χ0n) is 17.1. The lowest BCUT2D eigenvalue weighted by atomic mass is 9.75. The van der Waals surface area contributed by atoms with Crippen molar-refractivity contribution in [1.29, 1.82) is 0 Å². The fraction of sp³-hybridized carbons (Fsp3) is 0.565.